The lowest BCUT2D eigenvalue weighted by molar-refractivity contribution is -0.141. The number of rotatable bonds is 6. The van der Waals surface area contributed by atoms with E-state index in [0.717, 1.165) is 18.9 Å². The van der Waals surface area contributed by atoms with Crippen LogP contribution in [0.1, 0.15) is 25.5 Å². The Morgan fingerprint density at radius 3 is 2.71 bits per heavy atom. The first-order valence-electron chi connectivity index (χ1n) is 6.84. The van der Waals surface area contributed by atoms with E-state index in [1.165, 1.54) is 16.9 Å². The molecule has 8 heteroatoms. The van der Waals surface area contributed by atoms with Crippen LogP contribution >= 0.6 is 0 Å². The van der Waals surface area contributed by atoms with Crippen molar-refractivity contribution in [3.8, 4) is 0 Å². The van der Waals surface area contributed by atoms with Crippen LogP contribution < -0.4 is 10.6 Å². The summed E-state index contributed by atoms with van der Waals surface area (Å²) in [5, 5.41) is 3.57. The molecular formula is C13H18F3N5. The number of fused-ring (bicyclic) bond motifs is 1. The van der Waals surface area contributed by atoms with E-state index < -0.39 is 11.9 Å². The standard InChI is InChI=1S/C13H18F3N5/c1-2-6-20(7-3-4-17)12-10-9-11(13(14,15)16)19-21(10)8-5-18-12/h5,8-9H,2-4,6-7,17H2,1H3. The molecule has 0 spiro atoms. The number of aromatic nitrogens is 3. The van der Waals surface area contributed by atoms with Crippen LogP contribution in [0, 0.1) is 0 Å². The van der Waals surface area contributed by atoms with Gasteiger partial charge in [0, 0.05) is 31.5 Å². The summed E-state index contributed by atoms with van der Waals surface area (Å²) in [4.78, 5) is 6.18. The lowest BCUT2D eigenvalue weighted by Gasteiger charge is -2.23. The van der Waals surface area contributed by atoms with E-state index in [1.807, 2.05) is 11.8 Å². The number of nitrogens with zero attached hydrogens (tertiary/aromatic N) is 4. The molecule has 0 fully saturated rings. The Morgan fingerprint density at radius 2 is 2.10 bits per heavy atom. The molecule has 2 aromatic heterocycles. The van der Waals surface area contributed by atoms with Gasteiger partial charge in [0.15, 0.2) is 11.5 Å². The average Bonchev–Trinajstić information content (AvgIpc) is 2.87. The van der Waals surface area contributed by atoms with Crippen molar-refractivity contribution in [3.63, 3.8) is 0 Å². The van der Waals surface area contributed by atoms with Crippen molar-refractivity contribution < 1.29 is 13.2 Å². The summed E-state index contributed by atoms with van der Waals surface area (Å²) < 4.78 is 39.6. The zero-order valence-corrected chi connectivity index (χ0v) is 11.8. The van der Waals surface area contributed by atoms with Gasteiger partial charge in [-0.25, -0.2) is 9.50 Å². The van der Waals surface area contributed by atoms with E-state index in [1.54, 1.807) is 0 Å². The quantitative estimate of drug-likeness (QED) is 0.889. The fourth-order valence-corrected chi connectivity index (χ4v) is 2.17. The summed E-state index contributed by atoms with van der Waals surface area (Å²) in [6, 6.07) is 1.04. The third-order valence-electron chi connectivity index (χ3n) is 3.09. The summed E-state index contributed by atoms with van der Waals surface area (Å²) in [7, 11) is 0. The second-order valence-electron chi connectivity index (χ2n) is 4.74. The Balaban J connectivity index is 2.44. The second kappa shape index (κ2) is 6.30. The second-order valence-corrected chi connectivity index (χ2v) is 4.74. The molecule has 0 aliphatic heterocycles. The molecule has 0 aromatic carbocycles. The summed E-state index contributed by atoms with van der Waals surface area (Å²) in [6.45, 7) is 3.90. The molecule has 5 nitrogen and oxygen atoms in total. The van der Waals surface area contributed by atoms with Gasteiger partial charge in [-0.05, 0) is 19.4 Å². The highest BCUT2D eigenvalue weighted by Gasteiger charge is 2.34. The van der Waals surface area contributed by atoms with E-state index >= 15 is 0 Å². The van der Waals surface area contributed by atoms with E-state index in [4.69, 9.17) is 5.73 Å². The summed E-state index contributed by atoms with van der Waals surface area (Å²) >= 11 is 0. The minimum absolute atomic E-state index is 0.357. The van der Waals surface area contributed by atoms with E-state index in [9.17, 15) is 13.2 Å². The molecule has 0 amide bonds. The van der Waals surface area contributed by atoms with Gasteiger partial charge >= 0.3 is 6.18 Å². The Kier molecular flexibility index (Phi) is 4.66. The molecule has 2 heterocycles. The first kappa shape index (κ1) is 15.6. The minimum Gasteiger partial charge on any atom is -0.355 e. The molecule has 2 aromatic rings. The van der Waals surface area contributed by atoms with Gasteiger partial charge in [-0.3, -0.25) is 0 Å². The number of halogens is 3. The lowest BCUT2D eigenvalue weighted by atomic mass is 10.3. The number of hydrogen-bond acceptors (Lipinski definition) is 4. The van der Waals surface area contributed by atoms with Gasteiger partial charge in [0.25, 0.3) is 0 Å². The van der Waals surface area contributed by atoms with E-state index in [0.29, 0.717) is 31.0 Å². The van der Waals surface area contributed by atoms with Crippen molar-refractivity contribution in [2.24, 2.45) is 5.73 Å². The molecule has 0 aliphatic carbocycles. The first-order chi connectivity index (χ1) is 9.97. The molecular weight excluding hydrogens is 283 g/mol. The predicted molar refractivity (Wildman–Crippen MR) is 74.2 cm³/mol. The van der Waals surface area contributed by atoms with Gasteiger partial charge in [0.1, 0.15) is 5.52 Å². The summed E-state index contributed by atoms with van der Waals surface area (Å²) in [5.74, 6) is 0.510. The maximum absolute atomic E-state index is 12.8. The number of hydrogen-bond donors (Lipinski definition) is 1. The normalized spacial score (nSPS) is 12.0. The van der Waals surface area contributed by atoms with Gasteiger partial charge in [0.2, 0.25) is 0 Å². The van der Waals surface area contributed by atoms with Crippen LogP contribution in [0.25, 0.3) is 5.52 Å². The maximum Gasteiger partial charge on any atom is 0.435 e. The van der Waals surface area contributed by atoms with Gasteiger partial charge in [-0.15, -0.1) is 0 Å². The van der Waals surface area contributed by atoms with Crippen LogP contribution in [0.5, 0.6) is 0 Å². The topological polar surface area (TPSA) is 59.5 Å². The highest BCUT2D eigenvalue weighted by Crippen LogP contribution is 2.30. The van der Waals surface area contributed by atoms with Gasteiger partial charge in [-0.1, -0.05) is 6.92 Å². The molecule has 0 unspecified atom stereocenters. The van der Waals surface area contributed by atoms with Gasteiger partial charge in [-0.2, -0.15) is 18.3 Å². The van der Waals surface area contributed by atoms with Crippen LogP contribution in [0.3, 0.4) is 0 Å². The fourth-order valence-electron chi connectivity index (χ4n) is 2.17. The average molecular weight is 301 g/mol. The summed E-state index contributed by atoms with van der Waals surface area (Å²) in [5.41, 5.74) is 4.96. The molecule has 2 N–H and O–H groups in total. The van der Waals surface area contributed by atoms with Gasteiger partial charge < -0.3 is 10.6 Å². The van der Waals surface area contributed by atoms with Crippen LogP contribution in [-0.4, -0.2) is 34.2 Å². The molecule has 21 heavy (non-hydrogen) atoms. The zero-order valence-electron chi connectivity index (χ0n) is 11.8. The monoisotopic (exact) mass is 301 g/mol. The smallest absolute Gasteiger partial charge is 0.355 e. The minimum atomic E-state index is -4.46. The Bertz CT molecular complexity index is 593. The molecule has 0 saturated carbocycles. The van der Waals surface area contributed by atoms with Crippen LogP contribution in [0.15, 0.2) is 18.5 Å². The van der Waals surface area contributed by atoms with E-state index in [2.05, 4.69) is 10.1 Å². The van der Waals surface area contributed by atoms with Crippen LogP contribution in [0.2, 0.25) is 0 Å². The number of anilines is 1. The Morgan fingerprint density at radius 1 is 1.33 bits per heavy atom. The Hall–Kier alpha value is -1.83. The van der Waals surface area contributed by atoms with Crippen LogP contribution in [-0.2, 0) is 6.18 Å². The molecule has 0 saturated heterocycles. The zero-order chi connectivity index (χ0) is 15.5. The molecule has 2 rings (SSSR count). The highest BCUT2D eigenvalue weighted by atomic mass is 19.4. The van der Waals surface area contributed by atoms with Crippen molar-refractivity contribution in [2.45, 2.75) is 25.9 Å². The predicted octanol–water partition coefficient (Wildman–Crippen LogP) is 2.31. The Labute approximate surface area is 120 Å². The number of alkyl halides is 3. The molecule has 116 valence electrons. The van der Waals surface area contributed by atoms with Crippen molar-refractivity contribution in [1.29, 1.82) is 0 Å². The van der Waals surface area contributed by atoms with Crippen molar-refractivity contribution >= 4 is 11.3 Å². The third-order valence-corrected chi connectivity index (χ3v) is 3.09. The SMILES string of the molecule is CCCN(CCCN)c1nccn2nc(C(F)(F)F)cc12. The van der Waals surface area contributed by atoms with Crippen molar-refractivity contribution in [2.75, 3.05) is 24.5 Å². The van der Waals surface area contributed by atoms with Crippen molar-refractivity contribution in [3.05, 3.63) is 24.2 Å². The molecule has 0 radical (unpaired) electrons. The third kappa shape index (κ3) is 3.44. The largest absolute Gasteiger partial charge is 0.435 e. The lowest BCUT2D eigenvalue weighted by Crippen LogP contribution is -2.28. The molecule has 0 atom stereocenters. The van der Waals surface area contributed by atoms with Gasteiger partial charge in [0.05, 0.1) is 0 Å². The first-order valence-corrected chi connectivity index (χ1v) is 6.84. The number of nitrogens with two attached hydrogens (primary N) is 1. The van der Waals surface area contributed by atoms with E-state index in [-0.39, 0.29) is 0 Å². The maximum atomic E-state index is 12.8. The fraction of sp³-hybridized carbons (Fsp3) is 0.538. The summed E-state index contributed by atoms with van der Waals surface area (Å²) in [6.07, 6.45) is 0.0361. The van der Waals surface area contributed by atoms with Crippen LogP contribution in [0.4, 0.5) is 19.0 Å². The van der Waals surface area contributed by atoms with Crippen molar-refractivity contribution in [1.82, 2.24) is 14.6 Å². The highest BCUT2D eigenvalue weighted by molar-refractivity contribution is 5.69. The molecule has 0 aliphatic rings. The molecule has 0 bridgehead atoms.